The van der Waals surface area contributed by atoms with E-state index in [9.17, 15) is 4.79 Å². The Balaban J connectivity index is 2.23. The lowest BCUT2D eigenvalue weighted by atomic mass is 9.90. The van der Waals surface area contributed by atoms with Crippen LogP contribution in [0.2, 0.25) is 0 Å². The Morgan fingerprint density at radius 1 is 1.16 bits per heavy atom. The standard InChI is InChI=1S/C23H24BrN5O2/c1-12-9-10-15(31-11-14-7-5-4-6-8-14)13(2)16(12)17-18(21(24)26)23(28-3)29-20(19(17)25)22(27)30/h4-10,26H,11,25H2,1-3H3,(H2,27,30)(H,28,29). The van der Waals surface area contributed by atoms with Crippen LogP contribution in [0.1, 0.15) is 32.7 Å². The molecular formula is C23H24BrN5O2. The molecule has 160 valence electrons. The van der Waals surface area contributed by atoms with E-state index in [0.29, 0.717) is 29.3 Å². The summed E-state index contributed by atoms with van der Waals surface area (Å²) in [7, 11) is 1.66. The lowest BCUT2D eigenvalue weighted by Crippen LogP contribution is -2.19. The molecule has 0 saturated carbocycles. The van der Waals surface area contributed by atoms with E-state index in [1.807, 2.05) is 56.3 Å². The molecule has 0 unspecified atom stereocenters. The van der Waals surface area contributed by atoms with Gasteiger partial charge in [-0.1, -0.05) is 36.4 Å². The van der Waals surface area contributed by atoms with Crippen molar-refractivity contribution in [3.05, 3.63) is 70.4 Å². The minimum absolute atomic E-state index is 0.0498. The number of pyridine rings is 1. The van der Waals surface area contributed by atoms with Crippen molar-refractivity contribution in [2.75, 3.05) is 18.1 Å². The maximum atomic E-state index is 12.0. The quantitative estimate of drug-likeness (QED) is 0.372. The predicted octanol–water partition coefficient (Wildman–Crippen LogP) is 4.39. The maximum Gasteiger partial charge on any atom is 0.269 e. The fraction of sp³-hybridized carbons (Fsp3) is 0.174. The average Bonchev–Trinajstić information content (AvgIpc) is 2.74. The largest absolute Gasteiger partial charge is 0.489 e. The lowest BCUT2D eigenvalue weighted by Gasteiger charge is -2.21. The summed E-state index contributed by atoms with van der Waals surface area (Å²) in [6, 6.07) is 13.7. The van der Waals surface area contributed by atoms with Crippen LogP contribution in [-0.2, 0) is 6.61 Å². The summed E-state index contributed by atoms with van der Waals surface area (Å²) in [4.78, 5) is 16.3. The van der Waals surface area contributed by atoms with Crippen LogP contribution in [0.25, 0.3) is 11.1 Å². The number of halogens is 1. The SMILES string of the molecule is CNc1nc(C(N)=O)c(N)c(-c2c(C)ccc(OCc3ccccc3)c2C)c1C(=N)Br. The van der Waals surface area contributed by atoms with Crippen molar-refractivity contribution in [2.24, 2.45) is 5.73 Å². The molecule has 31 heavy (non-hydrogen) atoms. The van der Waals surface area contributed by atoms with Crippen molar-refractivity contribution < 1.29 is 9.53 Å². The topological polar surface area (TPSA) is 127 Å². The van der Waals surface area contributed by atoms with Crippen LogP contribution in [0.5, 0.6) is 5.75 Å². The molecule has 0 spiro atoms. The fourth-order valence-electron chi connectivity index (χ4n) is 3.55. The number of benzene rings is 2. The normalized spacial score (nSPS) is 10.6. The zero-order valence-corrected chi connectivity index (χ0v) is 19.1. The number of aromatic nitrogens is 1. The third-order valence-corrected chi connectivity index (χ3v) is 5.43. The first-order chi connectivity index (χ1) is 14.8. The Morgan fingerprint density at radius 2 is 1.84 bits per heavy atom. The van der Waals surface area contributed by atoms with Gasteiger partial charge in [-0.05, 0) is 58.1 Å². The monoisotopic (exact) mass is 481 g/mol. The van der Waals surface area contributed by atoms with Crippen LogP contribution >= 0.6 is 15.9 Å². The number of rotatable bonds is 7. The van der Waals surface area contributed by atoms with Crippen molar-refractivity contribution >= 4 is 38.0 Å². The molecule has 8 heteroatoms. The van der Waals surface area contributed by atoms with Crippen LogP contribution in [0.4, 0.5) is 11.5 Å². The second kappa shape index (κ2) is 9.18. The third-order valence-electron chi connectivity index (χ3n) is 5.04. The van der Waals surface area contributed by atoms with Crippen LogP contribution in [-0.4, -0.2) is 22.6 Å². The third kappa shape index (κ3) is 4.39. The molecule has 2 aromatic carbocycles. The molecule has 0 aliphatic heterocycles. The average molecular weight is 482 g/mol. The van der Waals surface area contributed by atoms with Crippen LogP contribution < -0.4 is 21.5 Å². The summed E-state index contributed by atoms with van der Waals surface area (Å²) in [5.74, 6) is 0.267. The highest BCUT2D eigenvalue weighted by Crippen LogP contribution is 2.42. The summed E-state index contributed by atoms with van der Waals surface area (Å²) < 4.78 is 6.17. The number of amides is 1. The van der Waals surface area contributed by atoms with Gasteiger partial charge in [0.25, 0.3) is 5.91 Å². The van der Waals surface area contributed by atoms with Gasteiger partial charge in [0.15, 0.2) is 5.69 Å². The summed E-state index contributed by atoms with van der Waals surface area (Å²) >= 11 is 3.25. The van der Waals surface area contributed by atoms with Crippen LogP contribution in [0, 0.1) is 19.3 Å². The molecule has 3 rings (SSSR count). The molecule has 0 atom stereocenters. The van der Waals surface area contributed by atoms with Gasteiger partial charge in [0, 0.05) is 12.6 Å². The zero-order valence-electron chi connectivity index (χ0n) is 17.5. The molecule has 6 N–H and O–H groups in total. The van der Waals surface area contributed by atoms with Gasteiger partial charge in [-0.3, -0.25) is 10.2 Å². The van der Waals surface area contributed by atoms with E-state index < -0.39 is 5.91 Å². The maximum absolute atomic E-state index is 12.0. The van der Waals surface area contributed by atoms with Crippen molar-refractivity contribution in [3.63, 3.8) is 0 Å². The first-order valence-electron chi connectivity index (χ1n) is 9.59. The number of anilines is 2. The highest BCUT2D eigenvalue weighted by molar-refractivity contribution is 9.18. The summed E-state index contributed by atoms with van der Waals surface area (Å²) in [6.07, 6.45) is 0. The second-order valence-electron chi connectivity index (χ2n) is 7.06. The van der Waals surface area contributed by atoms with Gasteiger partial charge in [-0.2, -0.15) is 0 Å². The van der Waals surface area contributed by atoms with E-state index in [2.05, 4.69) is 26.2 Å². The van der Waals surface area contributed by atoms with Crippen molar-refractivity contribution in [1.29, 1.82) is 5.41 Å². The summed E-state index contributed by atoms with van der Waals surface area (Å²) in [5.41, 5.74) is 16.5. The van der Waals surface area contributed by atoms with E-state index >= 15 is 0 Å². The van der Waals surface area contributed by atoms with Gasteiger partial charge >= 0.3 is 0 Å². The number of nitrogen functional groups attached to an aromatic ring is 1. The highest BCUT2D eigenvalue weighted by atomic mass is 79.9. The van der Waals surface area contributed by atoms with E-state index in [1.54, 1.807) is 7.05 Å². The van der Waals surface area contributed by atoms with Gasteiger partial charge in [0.1, 0.15) is 22.8 Å². The van der Waals surface area contributed by atoms with Crippen molar-refractivity contribution in [2.45, 2.75) is 20.5 Å². The van der Waals surface area contributed by atoms with E-state index in [4.69, 9.17) is 21.6 Å². The van der Waals surface area contributed by atoms with E-state index in [0.717, 1.165) is 22.3 Å². The van der Waals surface area contributed by atoms with Gasteiger partial charge in [-0.15, -0.1) is 0 Å². The minimum atomic E-state index is -0.741. The molecule has 0 saturated heterocycles. The highest BCUT2D eigenvalue weighted by Gasteiger charge is 2.26. The predicted molar refractivity (Wildman–Crippen MR) is 128 cm³/mol. The smallest absolute Gasteiger partial charge is 0.269 e. The number of ether oxygens (including phenoxy) is 1. The van der Waals surface area contributed by atoms with Gasteiger partial charge in [-0.25, -0.2) is 4.98 Å². The molecular weight excluding hydrogens is 458 g/mol. The molecule has 0 radical (unpaired) electrons. The number of aryl methyl sites for hydroxylation is 1. The minimum Gasteiger partial charge on any atom is -0.489 e. The number of hydrogen-bond donors (Lipinski definition) is 4. The number of nitrogens with one attached hydrogen (secondary N) is 2. The lowest BCUT2D eigenvalue weighted by molar-refractivity contribution is 0.0996. The number of carbonyl (C=O) groups excluding carboxylic acids is 1. The first-order valence-corrected chi connectivity index (χ1v) is 10.4. The van der Waals surface area contributed by atoms with Gasteiger partial charge in [0.2, 0.25) is 0 Å². The van der Waals surface area contributed by atoms with E-state index in [1.165, 1.54) is 0 Å². The molecule has 0 aliphatic rings. The number of nitrogens with two attached hydrogens (primary N) is 2. The summed E-state index contributed by atoms with van der Waals surface area (Å²) in [6.45, 7) is 4.27. The number of primary amides is 1. The van der Waals surface area contributed by atoms with Crippen LogP contribution in [0.15, 0.2) is 42.5 Å². The summed E-state index contributed by atoms with van der Waals surface area (Å²) in [5, 5.41) is 11.2. The molecule has 0 fully saturated rings. The number of nitrogens with zero attached hydrogens (tertiary/aromatic N) is 1. The molecule has 1 amide bonds. The molecule has 1 heterocycles. The van der Waals surface area contributed by atoms with Gasteiger partial charge in [0.05, 0.1) is 11.3 Å². The first kappa shape index (κ1) is 22.3. The molecule has 3 aromatic rings. The second-order valence-corrected chi connectivity index (χ2v) is 7.85. The fourth-order valence-corrected chi connectivity index (χ4v) is 3.93. The Bertz CT molecular complexity index is 1160. The Kier molecular flexibility index (Phi) is 6.60. The van der Waals surface area contributed by atoms with Gasteiger partial charge < -0.3 is 21.5 Å². The number of carbonyl (C=O) groups is 1. The van der Waals surface area contributed by atoms with Crippen molar-refractivity contribution in [3.8, 4) is 16.9 Å². The Hall–Kier alpha value is -3.39. The van der Waals surface area contributed by atoms with Crippen LogP contribution in [0.3, 0.4) is 0 Å². The Labute approximate surface area is 189 Å². The Morgan fingerprint density at radius 3 is 2.42 bits per heavy atom. The molecule has 1 aromatic heterocycles. The molecule has 7 nitrogen and oxygen atoms in total. The molecule has 0 aliphatic carbocycles. The zero-order chi connectivity index (χ0) is 22.7. The van der Waals surface area contributed by atoms with E-state index in [-0.39, 0.29) is 16.0 Å². The number of hydrogen-bond acceptors (Lipinski definition) is 6. The van der Waals surface area contributed by atoms with Crippen molar-refractivity contribution in [1.82, 2.24) is 4.98 Å². The molecule has 0 bridgehead atoms.